The van der Waals surface area contributed by atoms with Crippen LogP contribution < -0.4 is 9.46 Å². The molecule has 0 aliphatic carbocycles. The monoisotopic (exact) mass is 294 g/mol. The number of aromatic hydroxyl groups is 1. The molecule has 0 aliphatic heterocycles. The first kappa shape index (κ1) is 14.1. The molecule has 0 bridgehead atoms. The molecule has 1 aromatic heterocycles. The summed E-state index contributed by atoms with van der Waals surface area (Å²) in [6.07, 6.45) is 1.37. The molecule has 0 atom stereocenters. The van der Waals surface area contributed by atoms with E-state index in [-0.39, 0.29) is 10.6 Å². The van der Waals surface area contributed by atoms with Gasteiger partial charge >= 0.3 is 0 Å². The predicted octanol–water partition coefficient (Wildman–Crippen LogP) is 1.99. The fraction of sp³-hybridized carbons (Fsp3) is 0.154. The lowest BCUT2D eigenvalue weighted by Crippen LogP contribution is -2.13. The van der Waals surface area contributed by atoms with Crippen molar-refractivity contribution < 1.29 is 18.3 Å². The van der Waals surface area contributed by atoms with E-state index in [0.717, 1.165) is 0 Å². The molecule has 20 heavy (non-hydrogen) atoms. The molecule has 2 rings (SSSR count). The number of hydrogen-bond donors (Lipinski definition) is 2. The molecule has 2 N–H and O–H groups in total. The molecule has 0 unspecified atom stereocenters. The van der Waals surface area contributed by atoms with Crippen molar-refractivity contribution in [3.8, 4) is 11.6 Å². The van der Waals surface area contributed by atoms with E-state index in [0.29, 0.717) is 18.2 Å². The highest BCUT2D eigenvalue weighted by molar-refractivity contribution is 7.92. The summed E-state index contributed by atoms with van der Waals surface area (Å²) in [5.41, 5.74) is 0.316. The summed E-state index contributed by atoms with van der Waals surface area (Å²) < 4.78 is 31.7. The van der Waals surface area contributed by atoms with E-state index >= 15 is 0 Å². The van der Waals surface area contributed by atoms with Crippen LogP contribution in [0.25, 0.3) is 0 Å². The van der Waals surface area contributed by atoms with Gasteiger partial charge in [0, 0.05) is 12.1 Å². The van der Waals surface area contributed by atoms with Gasteiger partial charge in [0.25, 0.3) is 10.0 Å². The fourth-order valence-corrected chi connectivity index (χ4v) is 2.62. The summed E-state index contributed by atoms with van der Waals surface area (Å²) in [7, 11) is -3.75. The quantitative estimate of drug-likeness (QED) is 0.880. The Morgan fingerprint density at radius 2 is 2.10 bits per heavy atom. The van der Waals surface area contributed by atoms with Gasteiger partial charge in [0.15, 0.2) is 0 Å². The van der Waals surface area contributed by atoms with Gasteiger partial charge in [0.1, 0.15) is 5.75 Å². The number of rotatable bonds is 5. The molecule has 2 aromatic rings. The zero-order valence-electron chi connectivity index (χ0n) is 10.8. The fourth-order valence-electron chi connectivity index (χ4n) is 1.54. The maximum absolute atomic E-state index is 12.1. The molecule has 0 aliphatic rings. The summed E-state index contributed by atoms with van der Waals surface area (Å²) in [6.45, 7) is 2.32. The predicted molar refractivity (Wildman–Crippen MR) is 74.3 cm³/mol. The molecule has 0 amide bonds. The Bertz CT molecular complexity index is 684. The molecule has 0 fully saturated rings. The number of phenolic OH excluding ortho intramolecular Hbond substituents is 1. The first-order valence-electron chi connectivity index (χ1n) is 5.92. The highest BCUT2D eigenvalue weighted by Gasteiger charge is 2.14. The molecule has 106 valence electrons. The number of phenols is 1. The van der Waals surface area contributed by atoms with E-state index < -0.39 is 10.0 Å². The van der Waals surface area contributed by atoms with Crippen molar-refractivity contribution in [2.24, 2.45) is 0 Å². The third-order valence-corrected chi connectivity index (χ3v) is 3.79. The molecule has 6 nitrogen and oxygen atoms in total. The van der Waals surface area contributed by atoms with Crippen LogP contribution in [0.5, 0.6) is 11.6 Å². The number of ether oxygens (including phenoxy) is 1. The van der Waals surface area contributed by atoms with Crippen LogP contribution in [-0.4, -0.2) is 25.1 Å². The van der Waals surface area contributed by atoms with Crippen LogP contribution in [0.1, 0.15) is 6.92 Å². The van der Waals surface area contributed by atoms with Crippen LogP contribution >= 0.6 is 0 Å². The Kier molecular flexibility index (Phi) is 4.09. The minimum atomic E-state index is -3.75. The SMILES string of the molecule is CCOc1ccc(NS(=O)(=O)c2cccc(O)c2)cn1. The van der Waals surface area contributed by atoms with Crippen molar-refractivity contribution >= 4 is 15.7 Å². The van der Waals surface area contributed by atoms with E-state index in [1.54, 1.807) is 12.1 Å². The second kappa shape index (κ2) is 5.79. The molecule has 7 heteroatoms. The van der Waals surface area contributed by atoms with Crippen molar-refractivity contribution in [1.82, 2.24) is 4.98 Å². The van der Waals surface area contributed by atoms with Crippen LogP contribution in [0, 0.1) is 0 Å². The van der Waals surface area contributed by atoms with Crippen LogP contribution in [0.2, 0.25) is 0 Å². The maximum atomic E-state index is 12.1. The van der Waals surface area contributed by atoms with E-state index in [2.05, 4.69) is 9.71 Å². The number of nitrogens with one attached hydrogen (secondary N) is 1. The van der Waals surface area contributed by atoms with Gasteiger partial charge in [0.2, 0.25) is 5.88 Å². The van der Waals surface area contributed by atoms with Gasteiger partial charge in [-0.15, -0.1) is 0 Å². The largest absolute Gasteiger partial charge is 0.508 e. The molecule has 1 aromatic carbocycles. The molecule has 0 radical (unpaired) electrons. The Morgan fingerprint density at radius 1 is 1.30 bits per heavy atom. The van der Waals surface area contributed by atoms with Crippen molar-refractivity contribution in [3.05, 3.63) is 42.6 Å². The molecular formula is C13H14N2O4S. The zero-order chi connectivity index (χ0) is 14.6. The van der Waals surface area contributed by atoms with Crippen LogP contribution in [0.15, 0.2) is 47.5 Å². The number of benzene rings is 1. The topological polar surface area (TPSA) is 88.5 Å². The second-order valence-electron chi connectivity index (χ2n) is 3.92. The standard InChI is InChI=1S/C13H14N2O4S/c1-2-19-13-7-6-10(9-14-13)15-20(17,18)12-5-3-4-11(16)8-12/h3-9,15-16H,2H2,1H3. The van der Waals surface area contributed by atoms with Crippen LogP contribution in [0.3, 0.4) is 0 Å². The minimum absolute atomic E-state index is 0.0219. The van der Waals surface area contributed by atoms with E-state index in [9.17, 15) is 13.5 Å². The number of sulfonamides is 1. The highest BCUT2D eigenvalue weighted by atomic mass is 32.2. The van der Waals surface area contributed by atoms with Crippen LogP contribution in [-0.2, 0) is 10.0 Å². The first-order chi connectivity index (χ1) is 9.51. The summed E-state index contributed by atoms with van der Waals surface area (Å²) in [6, 6.07) is 8.55. The van der Waals surface area contributed by atoms with Crippen LogP contribution in [0.4, 0.5) is 5.69 Å². The second-order valence-corrected chi connectivity index (χ2v) is 5.60. The van der Waals surface area contributed by atoms with Crippen molar-refractivity contribution in [2.45, 2.75) is 11.8 Å². The minimum Gasteiger partial charge on any atom is -0.508 e. The van der Waals surface area contributed by atoms with Gasteiger partial charge < -0.3 is 9.84 Å². The summed E-state index contributed by atoms with van der Waals surface area (Å²) in [5, 5.41) is 9.32. The van der Waals surface area contributed by atoms with E-state index in [4.69, 9.17) is 4.74 Å². The maximum Gasteiger partial charge on any atom is 0.262 e. The number of nitrogens with zero attached hydrogens (tertiary/aromatic N) is 1. The average molecular weight is 294 g/mol. The number of anilines is 1. The van der Waals surface area contributed by atoms with Gasteiger partial charge in [-0.25, -0.2) is 13.4 Å². The van der Waals surface area contributed by atoms with Crippen molar-refractivity contribution in [1.29, 1.82) is 0 Å². The van der Waals surface area contributed by atoms with Gasteiger partial charge in [-0.2, -0.15) is 0 Å². The number of pyridine rings is 1. The summed E-state index contributed by atoms with van der Waals surface area (Å²) >= 11 is 0. The van der Waals surface area contributed by atoms with Crippen molar-refractivity contribution in [3.63, 3.8) is 0 Å². The Hall–Kier alpha value is -2.28. The molecule has 0 saturated carbocycles. The Balaban J connectivity index is 2.20. The molecule has 0 spiro atoms. The van der Waals surface area contributed by atoms with E-state index in [1.165, 1.54) is 30.5 Å². The lowest BCUT2D eigenvalue weighted by molar-refractivity contribution is 0.327. The van der Waals surface area contributed by atoms with Gasteiger partial charge in [-0.3, -0.25) is 4.72 Å². The average Bonchev–Trinajstić information content (AvgIpc) is 2.41. The summed E-state index contributed by atoms with van der Waals surface area (Å²) in [5.74, 6) is 0.311. The lowest BCUT2D eigenvalue weighted by Gasteiger charge is -2.08. The first-order valence-corrected chi connectivity index (χ1v) is 7.40. The molecule has 0 saturated heterocycles. The third kappa shape index (κ3) is 3.39. The van der Waals surface area contributed by atoms with Gasteiger partial charge in [-0.1, -0.05) is 6.07 Å². The number of hydrogen-bond acceptors (Lipinski definition) is 5. The summed E-state index contributed by atoms with van der Waals surface area (Å²) in [4.78, 5) is 3.94. The highest BCUT2D eigenvalue weighted by Crippen LogP contribution is 2.20. The van der Waals surface area contributed by atoms with Gasteiger partial charge in [-0.05, 0) is 25.1 Å². The zero-order valence-corrected chi connectivity index (χ0v) is 11.6. The molecular weight excluding hydrogens is 280 g/mol. The molecule has 1 heterocycles. The van der Waals surface area contributed by atoms with Gasteiger partial charge in [0.05, 0.1) is 23.4 Å². The number of aromatic nitrogens is 1. The third-order valence-electron chi connectivity index (χ3n) is 2.41. The lowest BCUT2D eigenvalue weighted by atomic mass is 10.3. The smallest absolute Gasteiger partial charge is 0.262 e. The van der Waals surface area contributed by atoms with E-state index in [1.807, 2.05) is 6.92 Å². The normalized spacial score (nSPS) is 11.1. The Morgan fingerprint density at radius 3 is 2.70 bits per heavy atom. The Labute approximate surface area is 117 Å². The van der Waals surface area contributed by atoms with Crippen molar-refractivity contribution in [2.75, 3.05) is 11.3 Å².